The number of benzene rings is 3. The van der Waals surface area contributed by atoms with E-state index in [0.717, 1.165) is 15.6 Å². The second-order valence-electron chi connectivity index (χ2n) is 7.68. The van der Waals surface area contributed by atoms with Crippen LogP contribution in [0.15, 0.2) is 95.0 Å². The molecule has 5 rings (SSSR count). The topological polar surface area (TPSA) is 52.6 Å². The molecule has 2 aliphatic rings. The molecular formula is C26H19BrO4. The molecule has 31 heavy (non-hydrogen) atoms. The van der Waals surface area contributed by atoms with Crippen LogP contribution in [0.3, 0.4) is 0 Å². The Morgan fingerprint density at radius 2 is 1.71 bits per heavy atom. The number of ether oxygens (including phenoxy) is 2. The zero-order valence-corrected chi connectivity index (χ0v) is 18.2. The van der Waals surface area contributed by atoms with Gasteiger partial charge in [-0.05, 0) is 29.7 Å². The zero-order valence-electron chi connectivity index (χ0n) is 16.6. The zero-order chi connectivity index (χ0) is 21.4. The molecule has 0 fully saturated rings. The monoisotopic (exact) mass is 474 g/mol. The highest BCUT2D eigenvalue weighted by Gasteiger charge is 2.61. The van der Waals surface area contributed by atoms with Crippen LogP contribution in [0.4, 0.5) is 0 Å². The molecule has 0 bridgehead atoms. The van der Waals surface area contributed by atoms with Gasteiger partial charge in [0.15, 0.2) is 0 Å². The van der Waals surface area contributed by atoms with Gasteiger partial charge >= 0.3 is 11.9 Å². The van der Waals surface area contributed by atoms with Gasteiger partial charge < -0.3 is 9.47 Å². The number of hydrogen-bond donors (Lipinski definition) is 0. The van der Waals surface area contributed by atoms with Crippen LogP contribution >= 0.6 is 15.9 Å². The molecule has 1 spiro atoms. The van der Waals surface area contributed by atoms with Crippen molar-refractivity contribution in [3.05, 3.63) is 112 Å². The summed E-state index contributed by atoms with van der Waals surface area (Å²) in [7, 11) is 0. The molecule has 5 heteroatoms. The maximum Gasteiger partial charge on any atom is 0.335 e. The van der Waals surface area contributed by atoms with Crippen LogP contribution in [0.25, 0.3) is 0 Å². The van der Waals surface area contributed by atoms with Crippen molar-refractivity contribution in [3.8, 4) is 5.75 Å². The average molecular weight is 475 g/mol. The Morgan fingerprint density at radius 3 is 2.52 bits per heavy atom. The number of carbonyl (C=O) groups excluding carboxylic acids is 2. The summed E-state index contributed by atoms with van der Waals surface area (Å²) >= 11 is 3.62. The summed E-state index contributed by atoms with van der Waals surface area (Å²) in [6.07, 6.45) is 2.36. The predicted octanol–water partition coefficient (Wildman–Crippen LogP) is 5.46. The van der Waals surface area contributed by atoms with Gasteiger partial charge in [0.2, 0.25) is 0 Å². The highest BCUT2D eigenvalue weighted by molar-refractivity contribution is 9.10. The first-order chi connectivity index (χ1) is 15.1. The summed E-state index contributed by atoms with van der Waals surface area (Å²) in [6, 6.07) is 24.6. The number of rotatable bonds is 4. The number of carbonyl (C=O) groups is 2. The van der Waals surface area contributed by atoms with Crippen molar-refractivity contribution in [1.82, 2.24) is 0 Å². The number of hydrogen-bond acceptors (Lipinski definition) is 4. The second kappa shape index (κ2) is 7.82. The molecule has 0 amide bonds. The molecule has 3 aromatic carbocycles. The Kier molecular flexibility index (Phi) is 4.98. The molecule has 0 radical (unpaired) electrons. The fraction of sp³-hybridized carbons (Fsp3) is 0.154. The van der Waals surface area contributed by atoms with E-state index >= 15 is 0 Å². The van der Waals surface area contributed by atoms with E-state index in [2.05, 4.69) is 15.9 Å². The first-order valence-electron chi connectivity index (χ1n) is 10.1. The third-order valence-corrected chi connectivity index (χ3v) is 6.78. The molecule has 1 aliphatic carbocycles. The van der Waals surface area contributed by atoms with E-state index < -0.39 is 17.4 Å². The molecule has 0 aromatic heterocycles. The number of para-hydroxylation sites is 1. The van der Waals surface area contributed by atoms with Gasteiger partial charge in [-0.2, -0.15) is 0 Å². The fourth-order valence-electron chi connectivity index (χ4n) is 4.68. The Morgan fingerprint density at radius 1 is 1.00 bits per heavy atom. The SMILES string of the molecule is O=C(OCc1ccccc1)C1=CCC(c2ccccc2Br)C12C(=O)Oc1ccccc12. The maximum absolute atomic E-state index is 13.5. The van der Waals surface area contributed by atoms with Gasteiger partial charge in [-0.15, -0.1) is 0 Å². The first kappa shape index (κ1) is 19.8. The lowest BCUT2D eigenvalue weighted by Crippen LogP contribution is -2.41. The van der Waals surface area contributed by atoms with Gasteiger partial charge in [-0.25, -0.2) is 4.79 Å². The minimum absolute atomic E-state index is 0.142. The molecule has 1 heterocycles. The first-order valence-corrected chi connectivity index (χ1v) is 10.9. The summed E-state index contributed by atoms with van der Waals surface area (Å²) < 4.78 is 12.2. The molecular weight excluding hydrogens is 456 g/mol. The normalized spacial score (nSPS) is 21.5. The summed E-state index contributed by atoms with van der Waals surface area (Å²) in [5.41, 5.74) is 1.67. The molecule has 2 unspecified atom stereocenters. The molecule has 3 aromatic rings. The Balaban J connectivity index is 1.58. The van der Waals surface area contributed by atoms with E-state index in [1.807, 2.05) is 78.9 Å². The Bertz CT molecular complexity index is 1200. The van der Waals surface area contributed by atoms with Gasteiger partial charge in [-0.3, -0.25) is 4.79 Å². The van der Waals surface area contributed by atoms with Crippen molar-refractivity contribution in [2.24, 2.45) is 0 Å². The van der Waals surface area contributed by atoms with Gasteiger partial charge in [0, 0.05) is 16.0 Å². The minimum atomic E-state index is -1.23. The van der Waals surface area contributed by atoms with E-state index in [4.69, 9.17) is 9.47 Å². The standard InChI is InChI=1S/C26H19BrO4/c27-22-12-6-4-10-18(22)19-14-15-21(24(28)30-16-17-8-2-1-3-9-17)26(19)20-11-5-7-13-23(20)31-25(26)29/h1-13,15,19H,14,16H2. The van der Waals surface area contributed by atoms with Crippen LogP contribution in [0.1, 0.15) is 29.0 Å². The summed E-state index contributed by atoms with van der Waals surface area (Å²) in [5.74, 6) is -0.714. The molecule has 0 N–H and O–H groups in total. The fourth-order valence-corrected chi connectivity index (χ4v) is 5.24. The summed E-state index contributed by atoms with van der Waals surface area (Å²) in [5, 5.41) is 0. The number of fused-ring (bicyclic) bond motifs is 2. The van der Waals surface area contributed by atoms with Crippen molar-refractivity contribution in [3.63, 3.8) is 0 Å². The van der Waals surface area contributed by atoms with Gasteiger partial charge in [0.05, 0.1) is 5.57 Å². The van der Waals surface area contributed by atoms with Crippen molar-refractivity contribution in [1.29, 1.82) is 0 Å². The van der Waals surface area contributed by atoms with E-state index in [0.29, 0.717) is 23.3 Å². The second-order valence-corrected chi connectivity index (χ2v) is 8.54. The lowest BCUT2D eigenvalue weighted by Gasteiger charge is -2.31. The van der Waals surface area contributed by atoms with Crippen LogP contribution < -0.4 is 4.74 Å². The summed E-state index contributed by atoms with van der Waals surface area (Å²) in [4.78, 5) is 26.7. The van der Waals surface area contributed by atoms with Crippen LogP contribution in [-0.2, 0) is 26.3 Å². The van der Waals surface area contributed by atoms with Crippen LogP contribution in [0.5, 0.6) is 5.75 Å². The van der Waals surface area contributed by atoms with E-state index in [1.54, 1.807) is 6.07 Å². The van der Waals surface area contributed by atoms with Crippen LogP contribution in [-0.4, -0.2) is 11.9 Å². The average Bonchev–Trinajstić information content (AvgIpc) is 3.33. The van der Waals surface area contributed by atoms with Crippen molar-refractivity contribution >= 4 is 27.9 Å². The molecule has 0 saturated heterocycles. The lowest BCUT2D eigenvalue weighted by molar-refractivity contribution is -0.145. The predicted molar refractivity (Wildman–Crippen MR) is 120 cm³/mol. The van der Waals surface area contributed by atoms with Crippen molar-refractivity contribution < 1.29 is 19.1 Å². The highest BCUT2D eigenvalue weighted by atomic mass is 79.9. The quantitative estimate of drug-likeness (QED) is 0.371. The van der Waals surface area contributed by atoms with Crippen LogP contribution in [0.2, 0.25) is 0 Å². The van der Waals surface area contributed by atoms with E-state index in [9.17, 15) is 9.59 Å². The molecule has 1 aliphatic heterocycles. The number of esters is 2. The summed E-state index contributed by atoms with van der Waals surface area (Å²) in [6.45, 7) is 0.142. The third kappa shape index (κ3) is 3.12. The number of halogens is 1. The van der Waals surface area contributed by atoms with Crippen LogP contribution in [0, 0.1) is 0 Å². The molecule has 2 atom stereocenters. The van der Waals surface area contributed by atoms with Gasteiger partial charge in [-0.1, -0.05) is 88.7 Å². The molecule has 4 nitrogen and oxygen atoms in total. The lowest BCUT2D eigenvalue weighted by atomic mass is 9.67. The van der Waals surface area contributed by atoms with Gasteiger partial charge in [0.25, 0.3) is 0 Å². The third-order valence-electron chi connectivity index (χ3n) is 6.06. The molecule has 154 valence electrons. The molecule has 0 saturated carbocycles. The Hall–Kier alpha value is -3.18. The maximum atomic E-state index is 13.5. The number of allylic oxidation sites excluding steroid dienone is 1. The van der Waals surface area contributed by atoms with E-state index in [-0.39, 0.29) is 12.5 Å². The smallest absolute Gasteiger partial charge is 0.335 e. The van der Waals surface area contributed by atoms with Crippen molar-refractivity contribution in [2.75, 3.05) is 0 Å². The Labute approximate surface area is 188 Å². The van der Waals surface area contributed by atoms with Gasteiger partial charge in [0.1, 0.15) is 17.8 Å². The van der Waals surface area contributed by atoms with Crippen molar-refractivity contribution in [2.45, 2.75) is 24.4 Å². The largest absolute Gasteiger partial charge is 0.457 e. The highest BCUT2D eigenvalue weighted by Crippen LogP contribution is 2.58. The van der Waals surface area contributed by atoms with E-state index in [1.165, 1.54) is 0 Å². The minimum Gasteiger partial charge on any atom is -0.457 e.